The number of nitrogens with one attached hydrogen (secondary N) is 1. The van der Waals surface area contributed by atoms with Gasteiger partial charge in [0.15, 0.2) is 0 Å². The van der Waals surface area contributed by atoms with Crippen molar-refractivity contribution in [1.29, 1.82) is 0 Å². The molecule has 16 heavy (non-hydrogen) atoms. The lowest BCUT2D eigenvalue weighted by atomic mass is 10.2. The summed E-state index contributed by atoms with van der Waals surface area (Å²) in [5, 5.41) is 8.47. The van der Waals surface area contributed by atoms with Crippen LogP contribution in [0.3, 0.4) is 0 Å². The van der Waals surface area contributed by atoms with E-state index in [0.717, 1.165) is 35.2 Å². The van der Waals surface area contributed by atoms with Crippen LogP contribution in [-0.4, -0.2) is 27.8 Å². The number of hydrogen-bond acceptors (Lipinski definition) is 3. The quantitative estimate of drug-likeness (QED) is 0.819. The Balaban J connectivity index is 2.74. The van der Waals surface area contributed by atoms with Crippen molar-refractivity contribution in [2.45, 2.75) is 26.3 Å². The second-order valence-electron chi connectivity index (χ2n) is 3.67. The second-order valence-corrected chi connectivity index (χ2v) is 5.39. The molecule has 1 rings (SSSR count). The van der Waals surface area contributed by atoms with Crippen LogP contribution in [0.5, 0.6) is 0 Å². The highest BCUT2D eigenvalue weighted by Crippen LogP contribution is 2.24. The zero-order valence-corrected chi connectivity index (χ0v) is 11.7. The molecule has 1 aromatic rings. The minimum atomic E-state index is 0.296. The van der Waals surface area contributed by atoms with Crippen molar-refractivity contribution in [3.05, 3.63) is 16.9 Å². The third-order valence-corrected chi connectivity index (χ3v) is 3.67. The van der Waals surface area contributed by atoms with Crippen molar-refractivity contribution in [3.63, 3.8) is 0 Å². The van der Waals surface area contributed by atoms with Crippen LogP contribution in [0.2, 0.25) is 5.02 Å². The normalized spacial score (nSPS) is 13.0. The van der Waals surface area contributed by atoms with Crippen molar-refractivity contribution in [2.75, 3.05) is 18.1 Å². The van der Waals surface area contributed by atoms with Gasteiger partial charge in [-0.25, -0.2) is 0 Å². The largest absolute Gasteiger partial charge is 0.308 e. The second kappa shape index (κ2) is 7.20. The van der Waals surface area contributed by atoms with Crippen LogP contribution in [0.1, 0.15) is 32.0 Å². The molecular formula is C11H20ClN3S. The van der Waals surface area contributed by atoms with Crippen molar-refractivity contribution >= 4 is 23.4 Å². The average Bonchev–Trinajstić information content (AvgIpc) is 2.60. The van der Waals surface area contributed by atoms with Crippen LogP contribution in [-0.2, 0) is 7.05 Å². The molecule has 1 atom stereocenters. The van der Waals surface area contributed by atoms with Gasteiger partial charge in [-0.1, -0.05) is 25.4 Å². The average molecular weight is 262 g/mol. The molecule has 3 nitrogen and oxygen atoms in total. The van der Waals surface area contributed by atoms with E-state index in [-0.39, 0.29) is 0 Å². The molecule has 5 heteroatoms. The standard InChI is InChI=1S/C11H20ClN3S/c1-4-6-13-10(8-16-5-2)11-9(12)7-14-15(11)3/h7,10,13H,4-6,8H2,1-3H3. The molecule has 0 aliphatic heterocycles. The molecule has 0 saturated heterocycles. The van der Waals surface area contributed by atoms with Gasteiger partial charge in [-0.2, -0.15) is 16.9 Å². The third-order valence-electron chi connectivity index (χ3n) is 2.40. The van der Waals surface area contributed by atoms with E-state index in [4.69, 9.17) is 11.6 Å². The van der Waals surface area contributed by atoms with Crippen LogP contribution in [0, 0.1) is 0 Å². The molecule has 1 aromatic heterocycles. The van der Waals surface area contributed by atoms with Gasteiger partial charge in [0.2, 0.25) is 0 Å². The highest BCUT2D eigenvalue weighted by molar-refractivity contribution is 7.99. The fourth-order valence-corrected chi connectivity index (χ4v) is 2.65. The molecular weight excluding hydrogens is 242 g/mol. The van der Waals surface area contributed by atoms with Crippen molar-refractivity contribution in [3.8, 4) is 0 Å². The molecule has 0 aliphatic rings. The van der Waals surface area contributed by atoms with Gasteiger partial charge in [0, 0.05) is 12.8 Å². The Morgan fingerprint density at radius 3 is 2.81 bits per heavy atom. The molecule has 1 unspecified atom stereocenters. The molecule has 0 aromatic carbocycles. The van der Waals surface area contributed by atoms with Crippen LogP contribution in [0.15, 0.2) is 6.20 Å². The maximum atomic E-state index is 6.17. The Kier molecular flexibility index (Phi) is 6.24. The van der Waals surface area contributed by atoms with Gasteiger partial charge in [0.05, 0.1) is 23.0 Å². The summed E-state index contributed by atoms with van der Waals surface area (Å²) in [6.45, 7) is 5.35. The molecule has 0 saturated carbocycles. The zero-order chi connectivity index (χ0) is 12.0. The van der Waals surface area contributed by atoms with E-state index in [1.807, 2.05) is 23.5 Å². The van der Waals surface area contributed by atoms with Crippen molar-refractivity contribution in [1.82, 2.24) is 15.1 Å². The fraction of sp³-hybridized carbons (Fsp3) is 0.727. The van der Waals surface area contributed by atoms with Crippen LogP contribution in [0.4, 0.5) is 0 Å². The van der Waals surface area contributed by atoms with E-state index in [9.17, 15) is 0 Å². The Hall–Kier alpha value is -0.190. The highest BCUT2D eigenvalue weighted by Gasteiger charge is 2.17. The van der Waals surface area contributed by atoms with Crippen molar-refractivity contribution < 1.29 is 0 Å². The number of aryl methyl sites for hydroxylation is 1. The van der Waals surface area contributed by atoms with Gasteiger partial charge in [0.1, 0.15) is 0 Å². The first kappa shape index (κ1) is 13.9. The summed E-state index contributed by atoms with van der Waals surface area (Å²) in [7, 11) is 1.94. The van der Waals surface area contributed by atoms with Crippen LogP contribution >= 0.6 is 23.4 Å². The summed E-state index contributed by atoms with van der Waals surface area (Å²) in [4.78, 5) is 0. The van der Waals surface area contributed by atoms with Gasteiger partial charge < -0.3 is 5.32 Å². The maximum absolute atomic E-state index is 6.17. The van der Waals surface area contributed by atoms with Crippen LogP contribution in [0.25, 0.3) is 0 Å². The summed E-state index contributed by atoms with van der Waals surface area (Å²) in [6, 6.07) is 0.296. The summed E-state index contributed by atoms with van der Waals surface area (Å²) in [6.07, 6.45) is 2.84. The number of nitrogens with zero attached hydrogens (tertiary/aromatic N) is 2. The van der Waals surface area contributed by atoms with E-state index >= 15 is 0 Å². The van der Waals surface area contributed by atoms with Crippen molar-refractivity contribution in [2.24, 2.45) is 7.05 Å². The van der Waals surface area contributed by atoms with Crippen LogP contribution < -0.4 is 5.32 Å². The number of halogens is 1. The first-order valence-corrected chi connectivity index (χ1v) is 7.22. The summed E-state index contributed by atoms with van der Waals surface area (Å²) in [5.74, 6) is 2.16. The Morgan fingerprint density at radius 1 is 1.56 bits per heavy atom. The number of rotatable bonds is 7. The maximum Gasteiger partial charge on any atom is 0.0834 e. The summed E-state index contributed by atoms with van der Waals surface area (Å²) in [5.41, 5.74) is 1.09. The van der Waals surface area contributed by atoms with E-state index in [2.05, 4.69) is 24.3 Å². The van der Waals surface area contributed by atoms with E-state index < -0.39 is 0 Å². The highest BCUT2D eigenvalue weighted by atomic mass is 35.5. The van der Waals surface area contributed by atoms with E-state index in [0.29, 0.717) is 6.04 Å². The first-order chi connectivity index (χ1) is 7.70. The smallest absolute Gasteiger partial charge is 0.0834 e. The molecule has 0 radical (unpaired) electrons. The van der Waals surface area contributed by atoms with E-state index in [1.165, 1.54) is 0 Å². The van der Waals surface area contributed by atoms with Gasteiger partial charge in [-0.05, 0) is 18.7 Å². The molecule has 1 N–H and O–H groups in total. The zero-order valence-electron chi connectivity index (χ0n) is 10.2. The predicted octanol–water partition coefficient (Wildman–Crippen LogP) is 2.87. The topological polar surface area (TPSA) is 29.9 Å². The summed E-state index contributed by atoms with van der Waals surface area (Å²) >= 11 is 8.09. The molecule has 0 fully saturated rings. The molecule has 0 amide bonds. The van der Waals surface area contributed by atoms with Gasteiger partial charge >= 0.3 is 0 Å². The van der Waals surface area contributed by atoms with E-state index in [1.54, 1.807) is 6.20 Å². The Bertz CT molecular complexity index is 287. The van der Waals surface area contributed by atoms with Gasteiger partial charge in [0.25, 0.3) is 0 Å². The predicted molar refractivity (Wildman–Crippen MR) is 72.3 cm³/mol. The number of aromatic nitrogens is 2. The molecule has 92 valence electrons. The number of hydrogen-bond donors (Lipinski definition) is 1. The Labute approximate surface area is 107 Å². The van der Waals surface area contributed by atoms with Gasteiger partial charge in [-0.3, -0.25) is 4.68 Å². The lowest BCUT2D eigenvalue weighted by molar-refractivity contribution is 0.535. The minimum Gasteiger partial charge on any atom is -0.308 e. The lowest BCUT2D eigenvalue weighted by Crippen LogP contribution is -2.26. The Morgan fingerprint density at radius 2 is 2.31 bits per heavy atom. The molecule has 0 aliphatic carbocycles. The minimum absolute atomic E-state index is 0.296. The monoisotopic (exact) mass is 261 g/mol. The molecule has 0 bridgehead atoms. The SMILES string of the molecule is CCCNC(CSCC)c1c(Cl)cnn1C. The third kappa shape index (κ3) is 3.68. The first-order valence-electron chi connectivity index (χ1n) is 5.69. The molecule has 1 heterocycles. The summed E-state index contributed by atoms with van der Waals surface area (Å²) < 4.78 is 1.87. The number of thioether (sulfide) groups is 1. The van der Waals surface area contributed by atoms with Gasteiger partial charge in [-0.15, -0.1) is 0 Å². The molecule has 0 spiro atoms. The fourth-order valence-electron chi connectivity index (χ4n) is 1.60. The lowest BCUT2D eigenvalue weighted by Gasteiger charge is -2.18.